The summed E-state index contributed by atoms with van der Waals surface area (Å²) in [5, 5.41) is 2.68. The van der Waals surface area contributed by atoms with Crippen molar-refractivity contribution in [1.82, 2.24) is 4.31 Å². The maximum atomic E-state index is 13.1. The summed E-state index contributed by atoms with van der Waals surface area (Å²) in [6.45, 7) is 4.63. The molecule has 0 bridgehead atoms. The van der Waals surface area contributed by atoms with Gasteiger partial charge in [-0.2, -0.15) is 17.5 Å². The van der Waals surface area contributed by atoms with Gasteiger partial charge in [0.05, 0.1) is 17.0 Å². The molecule has 0 amide bonds. The molecule has 1 N–H and O–H groups in total. The standard InChI is InChI=1S/C22H25F3N2O3S/c1-15-9-16(2)14-27(13-15)31(29,30)20-8-3-5-17(10-20)21(28)12-26-19-7-4-6-18(11-19)22(23,24)25/h3-8,10-11,15-16,26H,9,12-14H2,1-2H3. The first-order chi connectivity index (χ1) is 14.5. The van der Waals surface area contributed by atoms with Crippen LogP contribution in [0.3, 0.4) is 0 Å². The van der Waals surface area contributed by atoms with Gasteiger partial charge in [-0.3, -0.25) is 4.79 Å². The number of benzene rings is 2. The quantitative estimate of drug-likeness (QED) is 0.645. The van der Waals surface area contributed by atoms with Gasteiger partial charge in [0, 0.05) is 24.3 Å². The third kappa shape index (κ3) is 5.65. The van der Waals surface area contributed by atoms with E-state index in [1.165, 1.54) is 40.7 Å². The number of hydrogen-bond acceptors (Lipinski definition) is 4. The van der Waals surface area contributed by atoms with Gasteiger partial charge in [-0.05, 0) is 48.6 Å². The first kappa shape index (κ1) is 23.3. The lowest BCUT2D eigenvalue weighted by Crippen LogP contribution is -2.42. The Morgan fingerprint density at radius 3 is 2.35 bits per heavy atom. The summed E-state index contributed by atoms with van der Waals surface area (Å²) >= 11 is 0. The highest BCUT2D eigenvalue weighted by Crippen LogP contribution is 2.31. The van der Waals surface area contributed by atoms with E-state index >= 15 is 0 Å². The Morgan fingerprint density at radius 2 is 1.71 bits per heavy atom. The topological polar surface area (TPSA) is 66.5 Å². The number of Topliss-reactive ketones (excluding diaryl/α,β-unsaturated/α-hetero) is 1. The Kier molecular flexibility index (Phi) is 6.76. The van der Waals surface area contributed by atoms with Gasteiger partial charge >= 0.3 is 6.18 Å². The normalized spacial score (nSPS) is 20.4. The molecule has 9 heteroatoms. The highest BCUT2D eigenvalue weighted by Gasteiger charge is 2.32. The van der Waals surface area contributed by atoms with Gasteiger partial charge in [-0.25, -0.2) is 8.42 Å². The van der Waals surface area contributed by atoms with Gasteiger partial charge in [0.15, 0.2) is 5.78 Å². The fraction of sp³-hybridized carbons (Fsp3) is 0.409. The largest absolute Gasteiger partial charge is 0.416 e. The zero-order valence-corrected chi connectivity index (χ0v) is 18.1. The summed E-state index contributed by atoms with van der Waals surface area (Å²) in [6.07, 6.45) is -3.51. The summed E-state index contributed by atoms with van der Waals surface area (Å²) < 4.78 is 66.1. The smallest absolute Gasteiger partial charge is 0.378 e. The Hall–Kier alpha value is -2.39. The monoisotopic (exact) mass is 454 g/mol. The van der Waals surface area contributed by atoms with E-state index in [0.717, 1.165) is 18.6 Å². The molecule has 3 rings (SSSR count). The molecule has 0 aromatic heterocycles. The number of piperidine rings is 1. The van der Waals surface area contributed by atoms with E-state index in [1.54, 1.807) is 0 Å². The molecule has 1 aliphatic heterocycles. The Morgan fingerprint density at radius 1 is 1.06 bits per heavy atom. The Balaban J connectivity index is 1.73. The number of anilines is 1. The summed E-state index contributed by atoms with van der Waals surface area (Å²) in [4.78, 5) is 12.6. The number of rotatable bonds is 6. The number of halogens is 3. The van der Waals surface area contributed by atoms with E-state index < -0.39 is 27.5 Å². The summed E-state index contributed by atoms with van der Waals surface area (Å²) in [6, 6.07) is 10.3. The van der Waals surface area contributed by atoms with Crippen molar-refractivity contribution in [2.45, 2.75) is 31.3 Å². The van der Waals surface area contributed by atoms with Crippen molar-refractivity contribution in [3.05, 3.63) is 59.7 Å². The van der Waals surface area contributed by atoms with Gasteiger partial charge < -0.3 is 5.32 Å². The molecular formula is C22H25F3N2O3S. The van der Waals surface area contributed by atoms with Crippen molar-refractivity contribution in [2.75, 3.05) is 25.0 Å². The van der Waals surface area contributed by atoms with Crippen LogP contribution in [0.4, 0.5) is 18.9 Å². The van der Waals surface area contributed by atoms with E-state index in [0.29, 0.717) is 13.1 Å². The lowest BCUT2D eigenvalue weighted by molar-refractivity contribution is -0.137. The molecule has 1 aliphatic rings. The first-order valence-electron chi connectivity index (χ1n) is 10.0. The van der Waals surface area contributed by atoms with Crippen LogP contribution in [0.5, 0.6) is 0 Å². The fourth-order valence-electron chi connectivity index (χ4n) is 3.87. The minimum atomic E-state index is -4.48. The molecule has 5 nitrogen and oxygen atoms in total. The number of ketones is 1. The minimum absolute atomic E-state index is 0.0405. The molecule has 1 saturated heterocycles. The molecule has 2 aromatic carbocycles. The maximum absolute atomic E-state index is 13.1. The van der Waals surface area contributed by atoms with Crippen molar-refractivity contribution >= 4 is 21.5 Å². The Bertz CT molecular complexity index is 1040. The summed E-state index contributed by atoms with van der Waals surface area (Å²) in [5.41, 5.74) is -0.482. The van der Waals surface area contributed by atoms with E-state index in [9.17, 15) is 26.4 Å². The fourth-order valence-corrected chi connectivity index (χ4v) is 5.60. The molecule has 168 valence electrons. The number of hydrogen-bond donors (Lipinski definition) is 1. The SMILES string of the molecule is CC1CC(C)CN(S(=O)(=O)c2cccc(C(=O)CNc3cccc(C(F)(F)F)c3)c2)C1. The third-order valence-corrected chi connectivity index (χ3v) is 7.10. The van der Waals surface area contributed by atoms with Crippen LogP contribution in [-0.2, 0) is 16.2 Å². The second-order valence-corrected chi connectivity index (χ2v) is 10.1. The number of alkyl halides is 3. The van der Waals surface area contributed by atoms with Crippen LogP contribution in [0.15, 0.2) is 53.4 Å². The molecule has 2 unspecified atom stereocenters. The van der Waals surface area contributed by atoms with Gasteiger partial charge in [-0.1, -0.05) is 32.0 Å². The lowest BCUT2D eigenvalue weighted by atomic mass is 9.94. The van der Waals surface area contributed by atoms with Crippen molar-refractivity contribution in [3.8, 4) is 0 Å². The van der Waals surface area contributed by atoms with Crippen LogP contribution in [0.2, 0.25) is 0 Å². The maximum Gasteiger partial charge on any atom is 0.416 e. The van der Waals surface area contributed by atoms with Crippen LogP contribution >= 0.6 is 0 Å². The Labute approximate surface area is 180 Å². The van der Waals surface area contributed by atoms with E-state index in [2.05, 4.69) is 5.32 Å². The lowest BCUT2D eigenvalue weighted by Gasteiger charge is -2.34. The predicted octanol–water partition coefficient (Wildman–Crippen LogP) is 4.67. The van der Waals surface area contributed by atoms with Gasteiger partial charge in [0.2, 0.25) is 10.0 Å². The average Bonchev–Trinajstić information content (AvgIpc) is 2.71. The average molecular weight is 455 g/mol. The van der Waals surface area contributed by atoms with Crippen molar-refractivity contribution in [3.63, 3.8) is 0 Å². The number of carbonyl (C=O) groups excluding carboxylic acids is 1. The highest BCUT2D eigenvalue weighted by atomic mass is 32.2. The second kappa shape index (κ2) is 9.00. The predicted molar refractivity (Wildman–Crippen MR) is 112 cm³/mol. The van der Waals surface area contributed by atoms with Crippen LogP contribution in [0, 0.1) is 11.8 Å². The molecule has 1 heterocycles. The molecule has 2 aromatic rings. The van der Waals surface area contributed by atoms with Gasteiger partial charge in [0.25, 0.3) is 0 Å². The van der Waals surface area contributed by atoms with E-state index in [-0.39, 0.29) is 34.5 Å². The zero-order chi connectivity index (χ0) is 22.8. The first-order valence-corrected chi connectivity index (χ1v) is 11.5. The van der Waals surface area contributed by atoms with Crippen LogP contribution in [0.1, 0.15) is 36.2 Å². The number of nitrogens with one attached hydrogen (secondary N) is 1. The van der Waals surface area contributed by atoms with E-state index in [1.807, 2.05) is 13.8 Å². The molecule has 0 radical (unpaired) electrons. The molecule has 2 atom stereocenters. The molecule has 0 spiro atoms. The molecule has 31 heavy (non-hydrogen) atoms. The molecule has 0 saturated carbocycles. The molecule has 1 fully saturated rings. The van der Waals surface area contributed by atoms with Gasteiger partial charge in [-0.15, -0.1) is 0 Å². The van der Waals surface area contributed by atoms with Crippen molar-refractivity contribution < 1.29 is 26.4 Å². The number of nitrogens with zero attached hydrogens (tertiary/aromatic N) is 1. The highest BCUT2D eigenvalue weighted by molar-refractivity contribution is 7.89. The third-order valence-electron chi connectivity index (χ3n) is 5.27. The summed E-state index contributed by atoms with van der Waals surface area (Å²) in [7, 11) is -3.74. The zero-order valence-electron chi connectivity index (χ0n) is 17.3. The van der Waals surface area contributed by atoms with Crippen LogP contribution in [-0.4, -0.2) is 38.1 Å². The van der Waals surface area contributed by atoms with Crippen LogP contribution < -0.4 is 5.32 Å². The molecular weight excluding hydrogens is 429 g/mol. The van der Waals surface area contributed by atoms with E-state index in [4.69, 9.17) is 0 Å². The van der Waals surface area contributed by atoms with Crippen molar-refractivity contribution in [2.24, 2.45) is 11.8 Å². The van der Waals surface area contributed by atoms with Crippen molar-refractivity contribution in [1.29, 1.82) is 0 Å². The number of sulfonamides is 1. The second-order valence-electron chi connectivity index (χ2n) is 8.15. The minimum Gasteiger partial charge on any atom is -0.378 e. The van der Waals surface area contributed by atoms with Gasteiger partial charge in [0.1, 0.15) is 0 Å². The number of carbonyl (C=O) groups is 1. The molecule has 0 aliphatic carbocycles. The summed E-state index contributed by atoms with van der Waals surface area (Å²) in [5.74, 6) is 0.0786. The van der Waals surface area contributed by atoms with Crippen LogP contribution in [0.25, 0.3) is 0 Å².